The number of carboxylic acid groups (broad SMARTS) is 1. The SMILES string of the molecule is CCOCc1cc(OCC)c(-c2ccc(C[C@H](NC(=O)c3c(F)cccc3F)C(=O)O)cc2)c(OCC)c1. The number of ether oxygens (including phenoxy) is 3. The average Bonchev–Trinajstić information content (AvgIpc) is 2.88. The van der Waals surface area contributed by atoms with Gasteiger partial charge in [-0.1, -0.05) is 30.3 Å². The molecule has 0 aliphatic rings. The number of hydrogen-bond donors (Lipinski definition) is 2. The Balaban J connectivity index is 1.87. The highest BCUT2D eigenvalue weighted by Gasteiger charge is 2.25. The molecule has 0 radical (unpaired) electrons. The molecule has 1 amide bonds. The van der Waals surface area contributed by atoms with Crippen molar-refractivity contribution in [3.63, 3.8) is 0 Å². The van der Waals surface area contributed by atoms with Crippen molar-refractivity contribution in [1.82, 2.24) is 5.32 Å². The molecule has 0 spiro atoms. The Bertz CT molecular complexity index is 1220. The van der Waals surface area contributed by atoms with E-state index in [4.69, 9.17) is 14.2 Å². The number of benzene rings is 3. The molecular weight excluding hydrogens is 496 g/mol. The van der Waals surface area contributed by atoms with Crippen molar-refractivity contribution in [3.8, 4) is 22.6 Å². The summed E-state index contributed by atoms with van der Waals surface area (Å²) in [5.74, 6) is -3.36. The van der Waals surface area contributed by atoms with Gasteiger partial charge in [0, 0.05) is 13.0 Å². The molecule has 2 N–H and O–H groups in total. The second-order valence-electron chi connectivity index (χ2n) is 8.33. The van der Waals surface area contributed by atoms with Gasteiger partial charge in [0.25, 0.3) is 5.91 Å². The van der Waals surface area contributed by atoms with E-state index in [2.05, 4.69) is 5.32 Å². The summed E-state index contributed by atoms with van der Waals surface area (Å²) in [6.45, 7) is 7.56. The predicted octanol–water partition coefficient (Wildman–Crippen LogP) is 5.39. The summed E-state index contributed by atoms with van der Waals surface area (Å²) in [4.78, 5) is 24.3. The molecule has 3 aromatic carbocycles. The lowest BCUT2D eigenvalue weighted by Gasteiger charge is -2.18. The molecular formula is C29H31F2NO6. The Morgan fingerprint density at radius 1 is 0.868 bits per heavy atom. The van der Waals surface area contributed by atoms with Crippen molar-refractivity contribution >= 4 is 11.9 Å². The zero-order valence-electron chi connectivity index (χ0n) is 21.6. The van der Waals surface area contributed by atoms with Gasteiger partial charge in [-0.15, -0.1) is 0 Å². The number of hydrogen-bond acceptors (Lipinski definition) is 5. The second-order valence-corrected chi connectivity index (χ2v) is 8.33. The van der Waals surface area contributed by atoms with Crippen LogP contribution in [0.25, 0.3) is 11.1 Å². The van der Waals surface area contributed by atoms with Crippen molar-refractivity contribution in [2.24, 2.45) is 0 Å². The summed E-state index contributed by atoms with van der Waals surface area (Å²) >= 11 is 0. The number of nitrogens with one attached hydrogen (secondary N) is 1. The predicted molar refractivity (Wildman–Crippen MR) is 138 cm³/mol. The molecule has 1 atom stereocenters. The molecule has 7 nitrogen and oxygen atoms in total. The standard InChI is InChI=1S/C29H31F2NO6/c1-4-36-17-19-15-24(37-5-2)26(25(16-19)38-6-3)20-12-10-18(11-13-20)14-23(29(34)35)32-28(33)27-21(30)8-7-9-22(27)31/h7-13,15-16,23H,4-6,14,17H2,1-3H3,(H,32,33)(H,34,35)/t23-/m0/s1. The van der Waals surface area contributed by atoms with Crippen LogP contribution in [0.1, 0.15) is 42.3 Å². The Kier molecular flexibility index (Phi) is 10.2. The van der Waals surface area contributed by atoms with E-state index < -0.39 is 35.1 Å². The van der Waals surface area contributed by atoms with Crippen LogP contribution in [0.15, 0.2) is 54.6 Å². The molecule has 0 saturated carbocycles. The largest absolute Gasteiger partial charge is 0.493 e. The summed E-state index contributed by atoms with van der Waals surface area (Å²) in [5.41, 5.74) is 2.21. The Morgan fingerprint density at radius 3 is 1.95 bits per heavy atom. The van der Waals surface area contributed by atoms with Gasteiger partial charge in [-0.3, -0.25) is 4.79 Å². The molecule has 0 aliphatic heterocycles. The summed E-state index contributed by atoms with van der Waals surface area (Å²) < 4.78 is 45.3. The molecule has 3 aromatic rings. The average molecular weight is 528 g/mol. The van der Waals surface area contributed by atoms with Crippen molar-refractivity contribution in [3.05, 3.63) is 82.9 Å². The highest BCUT2D eigenvalue weighted by Crippen LogP contribution is 2.40. The van der Waals surface area contributed by atoms with Crippen LogP contribution in [-0.4, -0.2) is 42.8 Å². The smallest absolute Gasteiger partial charge is 0.326 e. The number of carbonyl (C=O) groups excluding carboxylic acids is 1. The topological polar surface area (TPSA) is 94.1 Å². The van der Waals surface area contributed by atoms with Gasteiger partial charge >= 0.3 is 5.97 Å². The van der Waals surface area contributed by atoms with E-state index in [-0.39, 0.29) is 6.42 Å². The number of carbonyl (C=O) groups is 2. The second kappa shape index (κ2) is 13.5. The summed E-state index contributed by atoms with van der Waals surface area (Å²) in [5, 5.41) is 11.8. The minimum Gasteiger partial charge on any atom is -0.493 e. The third-order valence-electron chi connectivity index (χ3n) is 5.67. The number of aliphatic carboxylic acids is 1. The minimum atomic E-state index is -1.40. The molecule has 0 aliphatic carbocycles. The summed E-state index contributed by atoms with van der Waals surface area (Å²) in [6, 6.07) is 12.4. The first-order valence-corrected chi connectivity index (χ1v) is 12.4. The fourth-order valence-electron chi connectivity index (χ4n) is 3.96. The molecule has 0 saturated heterocycles. The zero-order valence-corrected chi connectivity index (χ0v) is 21.6. The Labute approximate surface area is 220 Å². The van der Waals surface area contributed by atoms with Crippen LogP contribution in [0.4, 0.5) is 8.78 Å². The highest BCUT2D eigenvalue weighted by atomic mass is 19.1. The van der Waals surface area contributed by atoms with Crippen molar-refractivity contribution in [2.75, 3.05) is 19.8 Å². The first kappa shape index (κ1) is 28.6. The van der Waals surface area contributed by atoms with Crippen LogP contribution in [0.5, 0.6) is 11.5 Å². The third kappa shape index (κ3) is 7.07. The van der Waals surface area contributed by atoms with E-state index in [1.807, 2.05) is 32.9 Å². The molecule has 9 heteroatoms. The van der Waals surface area contributed by atoms with Crippen molar-refractivity contribution in [1.29, 1.82) is 0 Å². The Hall–Kier alpha value is -3.98. The van der Waals surface area contributed by atoms with Crippen LogP contribution >= 0.6 is 0 Å². The van der Waals surface area contributed by atoms with Gasteiger partial charge in [0.15, 0.2) is 0 Å². The van der Waals surface area contributed by atoms with Gasteiger partial charge in [-0.05, 0) is 61.7 Å². The number of carboxylic acids is 1. The van der Waals surface area contributed by atoms with Gasteiger partial charge in [-0.25, -0.2) is 13.6 Å². The quantitative estimate of drug-likeness (QED) is 0.310. The van der Waals surface area contributed by atoms with Gasteiger partial charge in [0.1, 0.15) is 34.7 Å². The first-order valence-electron chi connectivity index (χ1n) is 12.4. The van der Waals surface area contributed by atoms with Gasteiger partial charge in [-0.2, -0.15) is 0 Å². The van der Waals surface area contributed by atoms with E-state index >= 15 is 0 Å². The van der Waals surface area contributed by atoms with Crippen LogP contribution < -0.4 is 14.8 Å². The van der Waals surface area contributed by atoms with Crippen LogP contribution in [0.2, 0.25) is 0 Å². The molecule has 0 aromatic heterocycles. The maximum absolute atomic E-state index is 14.0. The molecule has 0 bridgehead atoms. The summed E-state index contributed by atoms with van der Waals surface area (Å²) in [7, 11) is 0. The Morgan fingerprint density at radius 2 is 1.45 bits per heavy atom. The lowest BCUT2D eigenvalue weighted by atomic mass is 9.98. The van der Waals surface area contributed by atoms with Crippen LogP contribution in [0.3, 0.4) is 0 Å². The van der Waals surface area contributed by atoms with Crippen LogP contribution in [0, 0.1) is 11.6 Å². The molecule has 38 heavy (non-hydrogen) atoms. The fourth-order valence-corrected chi connectivity index (χ4v) is 3.96. The normalized spacial score (nSPS) is 11.6. The fraction of sp³-hybridized carbons (Fsp3) is 0.310. The number of rotatable bonds is 13. The molecule has 3 rings (SSSR count). The molecule has 0 heterocycles. The molecule has 0 unspecified atom stereocenters. The highest BCUT2D eigenvalue weighted by molar-refractivity contribution is 5.97. The van der Waals surface area contributed by atoms with Gasteiger partial charge in [0.05, 0.1) is 25.4 Å². The monoisotopic (exact) mass is 527 g/mol. The van der Waals surface area contributed by atoms with E-state index in [1.165, 1.54) is 0 Å². The molecule has 0 fully saturated rings. The first-order chi connectivity index (χ1) is 18.3. The van der Waals surface area contributed by atoms with Crippen molar-refractivity contribution in [2.45, 2.75) is 39.8 Å². The van der Waals surface area contributed by atoms with Crippen LogP contribution in [-0.2, 0) is 22.6 Å². The summed E-state index contributed by atoms with van der Waals surface area (Å²) in [6.07, 6.45) is -0.0959. The van der Waals surface area contributed by atoms with E-state index in [1.54, 1.807) is 24.3 Å². The van der Waals surface area contributed by atoms with Gasteiger partial charge in [0.2, 0.25) is 0 Å². The maximum atomic E-state index is 14.0. The van der Waals surface area contributed by atoms with Crippen molar-refractivity contribution < 1.29 is 37.7 Å². The number of amides is 1. The third-order valence-corrected chi connectivity index (χ3v) is 5.67. The zero-order chi connectivity index (χ0) is 27.7. The lowest BCUT2D eigenvalue weighted by Crippen LogP contribution is -2.42. The van der Waals surface area contributed by atoms with Gasteiger partial charge < -0.3 is 24.6 Å². The molecule has 202 valence electrons. The van der Waals surface area contributed by atoms with E-state index in [0.29, 0.717) is 43.5 Å². The maximum Gasteiger partial charge on any atom is 0.326 e. The van der Waals surface area contributed by atoms with E-state index in [9.17, 15) is 23.5 Å². The minimum absolute atomic E-state index is 0.0959. The number of halogens is 2. The lowest BCUT2D eigenvalue weighted by molar-refractivity contribution is -0.139. The van der Waals surface area contributed by atoms with E-state index in [0.717, 1.165) is 34.9 Å².